The molecule has 0 radical (unpaired) electrons. The van der Waals surface area contributed by atoms with E-state index in [9.17, 15) is 34.2 Å². The van der Waals surface area contributed by atoms with E-state index in [0.29, 0.717) is 25.0 Å². The number of carbonyl (C=O) groups excluding carboxylic acids is 4. The molecule has 2 aromatic carbocycles. The average Bonchev–Trinajstić information content (AvgIpc) is 3.44. The van der Waals surface area contributed by atoms with Crippen molar-refractivity contribution >= 4 is 40.6 Å². The van der Waals surface area contributed by atoms with Crippen LogP contribution in [0.1, 0.15) is 54.8 Å². The number of aryl methyl sites for hydroxylation is 1. The van der Waals surface area contributed by atoms with Crippen LogP contribution in [0, 0.1) is 0 Å². The summed E-state index contributed by atoms with van der Waals surface area (Å²) >= 11 is 0. The van der Waals surface area contributed by atoms with Crippen LogP contribution >= 0.6 is 0 Å². The summed E-state index contributed by atoms with van der Waals surface area (Å²) in [5.74, 6) is -4.05. The number of oxazole rings is 1. The number of para-hydroxylation sites is 1. The van der Waals surface area contributed by atoms with Crippen LogP contribution in [-0.2, 0) is 25.6 Å². The number of hydrazine groups is 1. The number of aliphatic hydroxyl groups is 1. The first kappa shape index (κ1) is 31.6. The maximum atomic E-state index is 13.8. The molecule has 0 aliphatic carbocycles. The quantitative estimate of drug-likeness (QED) is 0.169. The SMILES string of the molecule is COc1cccc2oc(C(=O)[C@H](CC(=O)O)NC(=O)[C@@H]3CCCN4C(=O)CC[C@H](NC(O)CCc5ccccc5)C(=O)N34)nc12. The summed E-state index contributed by atoms with van der Waals surface area (Å²) in [7, 11) is 1.42. The number of fused-ring (bicyclic) bond motifs is 2. The van der Waals surface area contributed by atoms with Gasteiger partial charge >= 0.3 is 5.97 Å². The number of aliphatic hydroxyl groups excluding tert-OH is 1. The van der Waals surface area contributed by atoms with Gasteiger partial charge < -0.3 is 24.7 Å². The number of nitrogens with zero attached hydrogens (tertiary/aromatic N) is 3. The normalized spacial score (nSPS) is 19.9. The molecule has 1 unspecified atom stereocenters. The summed E-state index contributed by atoms with van der Waals surface area (Å²) in [4.78, 5) is 69.8. The molecule has 2 aliphatic rings. The fourth-order valence-electron chi connectivity index (χ4n) is 5.68. The van der Waals surface area contributed by atoms with Gasteiger partial charge in [0.2, 0.25) is 17.6 Å². The Labute approximate surface area is 258 Å². The first-order valence-corrected chi connectivity index (χ1v) is 14.8. The monoisotopic (exact) mass is 621 g/mol. The summed E-state index contributed by atoms with van der Waals surface area (Å²) in [5, 5.41) is 27.9. The third-order valence-electron chi connectivity index (χ3n) is 7.93. The number of aromatic nitrogens is 1. The maximum Gasteiger partial charge on any atom is 0.305 e. The predicted molar refractivity (Wildman–Crippen MR) is 158 cm³/mol. The molecule has 0 spiro atoms. The number of hydrogen-bond acceptors (Lipinski definition) is 10. The van der Waals surface area contributed by atoms with Crippen molar-refractivity contribution < 1.29 is 43.3 Å². The molecule has 4 atom stereocenters. The number of amides is 3. The zero-order chi connectivity index (χ0) is 32.1. The number of Topliss-reactive ketones (excluding diaryl/α,β-unsaturated/α-hetero) is 1. The van der Waals surface area contributed by atoms with Gasteiger partial charge in [-0.15, -0.1) is 0 Å². The Bertz CT molecular complexity index is 1580. The highest BCUT2D eigenvalue weighted by molar-refractivity contribution is 6.03. The Kier molecular flexibility index (Phi) is 9.74. The van der Waals surface area contributed by atoms with Gasteiger partial charge in [0.15, 0.2) is 11.1 Å². The van der Waals surface area contributed by atoms with Crippen LogP contribution in [0.2, 0.25) is 0 Å². The molecule has 2 aliphatic heterocycles. The minimum Gasteiger partial charge on any atom is -0.494 e. The van der Waals surface area contributed by atoms with E-state index in [1.165, 1.54) is 12.1 Å². The zero-order valence-corrected chi connectivity index (χ0v) is 24.7. The van der Waals surface area contributed by atoms with Crippen molar-refractivity contribution in [2.24, 2.45) is 0 Å². The number of carboxylic acids is 1. The molecular formula is C31H35N5O9. The van der Waals surface area contributed by atoms with Gasteiger partial charge in [0.1, 0.15) is 24.1 Å². The fourth-order valence-corrected chi connectivity index (χ4v) is 5.68. The lowest BCUT2D eigenvalue weighted by Gasteiger charge is -2.43. The summed E-state index contributed by atoms with van der Waals surface area (Å²) in [6.07, 6.45) is -0.263. The number of ether oxygens (including phenoxy) is 1. The lowest BCUT2D eigenvalue weighted by molar-refractivity contribution is -0.176. The van der Waals surface area contributed by atoms with Crippen molar-refractivity contribution in [1.29, 1.82) is 0 Å². The number of methoxy groups -OCH3 is 1. The van der Waals surface area contributed by atoms with Gasteiger partial charge in [-0.3, -0.25) is 34.3 Å². The molecule has 45 heavy (non-hydrogen) atoms. The highest BCUT2D eigenvalue weighted by Crippen LogP contribution is 2.27. The summed E-state index contributed by atoms with van der Waals surface area (Å²) in [6.45, 7) is 0.208. The molecule has 2 fully saturated rings. The Balaban J connectivity index is 1.33. The van der Waals surface area contributed by atoms with Crippen LogP contribution in [0.4, 0.5) is 0 Å². The molecule has 4 N–H and O–H groups in total. The van der Waals surface area contributed by atoms with Gasteiger partial charge in [0.25, 0.3) is 11.8 Å². The first-order valence-electron chi connectivity index (χ1n) is 14.8. The second-order valence-electron chi connectivity index (χ2n) is 11.0. The molecule has 5 rings (SSSR count). The first-order chi connectivity index (χ1) is 21.7. The fraction of sp³-hybridized carbons (Fsp3) is 0.419. The molecule has 14 heteroatoms. The number of carbonyl (C=O) groups is 5. The van der Waals surface area contributed by atoms with E-state index in [2.05, 4.69) is 15.6 Å². The van der Waals surface area contributed by atoms with Gasteiger partial charge in [-0.1, -0.05) is 36.4 Å². The van der Waals surface area contributed by atoms with E-state index in [4.69, 9.17) is 9.15 Å². The highest BCUT2D eigenvalue weighted by Gasteiger charge is 2.45. The van der Waals surface area contributed by atoms with E-state index in [-0.39, 0.29) is 42.8 Å². The average molecular weight is 622 g/mol. The lowest BCUT2D eigenvalue weighted by Crippen LogP contribution is -2.64. The van der Waals surface area contributed by atoms with E-state index in [1.54, 1.807) is 18.2 Å². The minimum atomic E-state index is -1.57. The molecule has 3 heterocycles. The van der Waals surface area contributed by atoms with Crippen LogP contribution in [0.15, 0.2) is 52.9 Å². The molecule has 2 saturated heterocycles. The largest absolute Gasteiger partial charge is 0.494 e. The van der Waals surface area contributed by atoms with Crippen LogP contribution in [0.3, 0.4) is 0 Å². The van der Waals surface area contributed by atoms with Crippen LogP contribution in [0.25, 0.3) is 11.1 Å². The van der Waals surface area contributed by atoms with E-state index in [0.717, 1.165) is 10.6 Å². The van der Waals surface area contributed by atoms with Gasteiger partial charge in [0.05, 0.1) is 19.6 Å². The van der Waals surface area contributed by atoms with Crippen LogP contribution < -0.4 is 15.4 Å². The minimum absolute atomic E-state index is 0.0148. The van der Waals surface area contributed by atoms with Crippen LogP contribution in [-0.4, -0.2) is 92.7 Å². The third kappa shape index (κ3) is 7.13. The van der Waals surface area contributed by atoms with Gasteiger partial charge in [0, 0.05) is 13.0 Å². The number of rotatable bonds is 12. The molecule has 238 valence electrons. The predicted octanol–water partition coefficient (Wildman–Crippen LogP) is 1.42. The lowest BCUT2D eigenvalue weighted by atomic mass is 10.0. The summed E-state index contributed by atoms with van der Waals surface area (Å²) in [5.41, 5.74) is 1.51. The topological polar surface area (TPSA) is 192 Å². The summed E-state index contributed by atoms with van der Waals surface area (Å²) in [6, 6.07) is 10.6. The molecule has 3 aromatic rings. The van der Waals surface area contributed by atoms with Crippen molar-refractivity contribution in [3.63, 3.8) is 0 Å². The molecule has 0 saturated carbocycles. The second-order valence-corrected chi connectivity index (χ2v) is 11.0. The number of nitrogens with one attached hydrogen (secondary N) is 2. The van der Waals surface area contributed by atoms with E-state index < -0.39 is 60.2 Å². The second kappa shape index (κ2) is 13.9. The van der Waals surface area contributed by atoms with Gasteiger partial charge in [-0.05, 0) is 49.8 Å². The molecule has 3 amide bonds. The van der Waals surface area contributed by atoms with Crippen molar-refractivity contribution in [3.8, 4) is 5.75 Å². The van der Waals surface area contributed by atoms with E-state index in [1.807, 2.05) is 30.3 Å². The zero-order valence-electron chi connectivity index (χ0n) is 24.7. The Morgan fingerprint density at radius 2 is 1.89 bits per heavy atom. The smallest absolute Gasteiger partial charge is 0.305 e. The third-order valence-corrected chi connectivity index (χ3v) is 7.93. The molecule has 14 nitrogen and oxygen atoms in total. The number of carboxylic acid groups (broad SMARTS) is 1. The standard InChI is InChI=1S/C31H35N5O9/c1-44-22-10-5-11-23-27(22)34-30(45-23)28(41)20(17-26(39)40)33-29(42)21-9-6-16-35-25(38)15-13-19(31(43)36(21)35)32-24(37)14-12-18-7-3-2-4-8-18/h2-5,7-8,10-11,19-21,24,32,37H,6,9,12-17H2,1H3,(H,33,42)(H,39,40)/t19-,20-,21-,24?/m0/s1. The number of benzene rings is 2. The van der Waals surface area contributed by atoms with Crippen molar-refractivity contribution in [2.45, 2.75) is 69.3 Å². The molecule has 0 bridgehead atoms. The summed E-state index contributed by atoms with van der Waals surface area (Å²) < 4.78 is 10.8. The Morgan fingerprint density at radius 3 is 2.62 bits per heavy atom. The number of hydrogen-bond donors (Lipinski definition) is 4. The molecular weight excluding hydrogens is 586 g/mol. The van der Waals surface area contributed by atoms with Crippen molar-refractivity contribution in [2.75, 3.05) is 13.7 Å². The van der Waals surface area contributed by atoms with Crippen LogP contribution in [0.5, 0.6) is 5.75 Å². The molecule has 1 aromatic heterocycles. The van der Waals surface area contributed by atoms with Crippen molar-refractivity contribution in [3.05, 3.63) is 60.0 Å². The van der Waals surface area contributed by atoms with E-state index >= 15 is 0 Å². The Morgan fingerprint density at radius 1 is 1.11 bits per heavy atom. The number of aliphatic carboxylic acids is 1. The maximum absolute atomic E-state index is 13.8. The number of ketones is 1. The Hall–Kier alpha value is -4.82. The highest BCUT2D eigenvalue weighted by atomic mass is 16.5. The van der Waals surface area contributed by atoms with Crippen molar-refractivity contribution in [1.82, 2.24) is 25.6 Å². The van der Waals surface area contributed by atoms with Gasteiger partial charge in [-0.25, -0.2) is 9.99 Å². The van der Waals surface area contributed by atoms with Gasteiger partial charge in [-0.2, -0.15) is 0 Å².